The van der Waals surface area contributed by atoms with Gasteiger partial charge < -0.3 is 10.2 Å². The van der Waals surface area contributed by atoms with Crippen LogP contribution < -0.4 is 10.2 Å². The minimum atomic E-state index is 0.859. The second-order valence-electron chi connectivity index (χ2n) is 5.24. The molecule has 0 saturated heterocycles. The second kappa shape index (κ2) is 6.44. The molecule has 2 nitrogen and oxygen atoms in total. The highest BCUT2D eigenvalue weighted by Gasteiger charge is 2.24. The molecule has 18 heavy (non-hydrogen) atoms. The molecule has 0 atom stereocenters. The van der Waals surface area contributed by atoms with Gasteiger partial charge in [-0.15, -0.1) is 0 Å². The van der Waals surface area contributed by atoms with Crippen LogP contribution in [0, 0.1) is 5.92 Å². The van der Waals surface area contributed by atoms with Crippen molar-refractivity contribution in [3.05, 3.63) is 28.8 Å². The molecule has 0 aliphatic heterocycles. The number of hydrogen-bond donors (Lipinski definition) is 1. The van der Waals surface area contributed by atoms with Gasteiger partial charge >= 0.3 is 0 Å². The van der Waals surface area contributed by atoms with Gasteiger partial charge in [0.2, 0.25) is 0 Å². The normalized spacial score (nSPS) is 14.8. The Hall–Kier alpha value is -0.730. The van der Waals surface area contributed by atoms with E-state index in [2.05, 4.69) is 30.3 Å². The van der Waals surface area contributed by atoms with Crippen LogP contribution in [-0.2, 0) is 6.54 Å². The van der Waals surface area contributed by atoms with E-state index in [0.717, 1.165) is 37.0 Å². The molecule has 1 aliphatic carbocycles. The average Bonchev–Trinajstić information content (AvgIpc) is 3.15. The van der Waals surface area contributed by atoms with Crippen molar-refractivity contribution in [1.29, 1.82) is 0 Å². The maximum Gasteiger partial charge on any atom is 0.0471 e. The van der Waals surface area contributed by atoms with Gasteiger partial charge in [0, 0.05) is 36.4 Å². The molecule has 1 saturated carbocycles. The highest BCUT2D eigenvalue weighted by Crippen LogP contribution is 2.33. The zero-order chi connectivity index (χ0) is 13.0. The Morgan fingerprint density at radius 2 is 2.17 bits per heavy atom. The third-order valence-corrected chi connectivity index (χ3v) is 3.82. The van der Waals surface area contributed by atoms with Crippen LogP contribution in [0.15, 0.2) is 18.2 Å². The zero-order valence-corrected chi connectivity index (χ0v) is 12.1. The second-order valence-corrected chi connectivity index (χ2v) is 5.65. The van der Waals surface area contributed by atoms with Crippen molar-refractivity contribution in [1.82, 2.24) is 5.32 Å². The van der Waals surface area contributed by atoms with Gasteiger partial charge in [0.15, 0.2) is 0 Å². The molecule has 0 aromatic heterocycles. The van der Waals surface area contributed by atoms with Crippen LogP contribution in [0.5, 0.6) is 0 Å². The molecule has 0 heterocycles. The maximum absolute atomic E-state index is 6.34. The van der Waals surface area contributed by atoms with Gasteiger partial charge in [0.05, 0.1) is 0 Å². The van der Waals surface area contributed by atoms with Gasteiger partial charge in [-0.05, 0) is 43.9 Å². The first-order chi connectivity index (χ1) is 8.72. The van der Waals surface area contributed by atoms with E-state index < -0.39 is 0 Å². The van der Waals surface area contributed by atoms with E-state index in [1.54, 1.807) is 0 Å². The standard InChI is InChI=1S/C15H23ClN2/c1-3-9-17-10-13-14(16)5-4-6-15(13)18(2)11-12-7-8-12/h4-6,12,17H,3,7-11H2,1-2H3. The summed E-state index contributed by atoms with van der Waals surface area (Å²) in [6.07, 6.45) is 3.92. The molecule has 0 bridgehead atoms. The largest absolute Gasteiger partial charge is 0.374 e. The molecule has 0 amide bonds. The molecule has 1 aromatic carbocycles. The molecule has 1 aromatic rings. The number of nitrogens with one attached hydrogen (secondary N) is 1. The minimum absolute atomic E-state index is 0.859. The Balaban J connectivity index is 2.08. The topological polar surface area (TPSA) is 15.3 Å². The summed E-state index contributed by atoms with van der Waals surface area (Å²) in [5.41, 5.74) is 2.51. The number of halogens is 1. The first-order valence-corrected chi connectivity index (χ1v) is 7.29. The molecular formula is C15H23ClN2. The van der Waals surface area contributed by atoms with E-state index >= 15 is 0 Å². The van der Waals surface area contributed by atoms with E-state index in [1.165, 1.54) is 24.1 Å². The molecule has 100 valence electrons. The summed E-state index contributed by atoms with van der Waals surface area (Å²) >= 11 is 6.34. The van der Waals surface area contributed by atoms with Gasteiger partial charge in [-0.3, -0.25) is 0 Å². The van der Waals surface area contributed by atoms with Crippen LogP contribution in [0.2, 0.25) is 5.02 Å². The number of rotatable bonds is 7. The lowest BCUT2D eigenvalue weighted by molar-refractivity contribution is 0.672. The zero-order valence-electron chi connectivity index (χ0n) is 11.4. The minimum Gasteiger partial charge on any atom is -0.374 e. The van der Waals surface area contributed by atoms with Crippen molar-refractivity contribution in [2.75, 3.05) is 25.0 Å². The first-order valence-electron chi connectivity index (χ1n) is 6.91. The van der Waals surface area contributed by atoms with Crippen LogP contribution in [0.4, 0.5) is 5.69 Å². The number of nitrogens with zero attached hydrogens (tertiary/aromatic N) is 1. The maximum atomic E-state index is 6.34. The van der Waals surface area contributed by atoms with Gasteiger partial charge in [0.1, 0.15) is 0 Å². The van der Waals surface area contributed by atoms with Crippen LogP contribution >= 0.6 is 11.6 Å². The van der Waals surface area contributed by atoms with Crippen LogP contribution in [-0.4, -0.2) is 20.1 Å². The molecule has 0 spiro atoms. The van der Waals surface area contributed by atoms with Crippen LogP contribution in [0.1, 0.15) is 31.7 Å². The fourth-order valence-electron chi connectivity index (χ4n) is 2.26. The molecule has 3 heteroatoms. The lowest BCUT2D eigenvalue weighted by Gasteiger charge is -2.23. The summed E-state index contributed by atoms with van der Waals surface area (Å²) in [5, 5.41) is 4.32. The molecule has 1 fully saturated rings. The van der Waals surface area contributed by atoms with Crippen LogP contribution in [0.3, 0.4) is 0 Å². The quantitative estimate of drug-likeness (QED) is 0.758. The Labute approximate surface area is 115 Å². The van der Waals surface area contributed by atoms with Crippen molar-refractivity contribution in [3.63, 3.8) is 0 Å². The van der Waals surface area contributed by atoms with Gasteiger partial charge in [-0.2, -0.15) is 0 Å². The molecule has 0 radical (unpaired) electrons. The lowest BCUT2D eigenvalue weighted by Crippen LogP contribution is -2.23. The fourth-order valence-corrected chi connectivity index (χ4v) is 2.49. The van der Waals surface area contributed by atoms with Crippen molar-refractivity contribution in [2.45, 2.75) is 32.7 Å². The molecule has 1 aliphatic rings. The van der Waals surface area contributed by atoms with Gasteiger partial charge in [-0.25, -0.2) is 0 Å². The van der Waals surface area contributed by atoms with Crippen molar-refractivity contribution in [2.24, 2.45) is 5.92 Å². The van der Waals surface area contributed by atoms with Gasteiger partial charge in [-0.1, -0.05) is 24.6 Å². The summed E-state index contributed by atoms with van der Waals surface area (Å²) in [5.74, 6) is 0.894. The van der Waals surface area contributed by atoms with Crippen molar-refractivity contribution < 1.29 is 0 Å². The number of hydrogen-bond acceptors (Lipinski definition) is 2. The van der Waals surface area contributed by atoms with Crippen LogP contribution in [0.25, 0.3) is 0 Å². The molecular weight excluding hydrogens is 244 g/mol. The smallest absolute Gasteiger partial charge is 0.0471 e. The lowest BCUT2D eigenvalue weighted by atomic mass is 10.1. The summed E-state index contributed by atoms with van der Waals surface area (Å²) in [6.45, 7) is 5.23. The van der Waals surface area contributed by atoms with E-state index in [9.17, 15) is 0 Å². The summed E-state index contributed by atoms with van der Waals surface area (Å²) < 4.78 is 0. The highest BCUT2D eigenvalue weighted by molar-refractivity contribution is 6.31. The Kier molecular flexibility index (Phi) is 4.90. The van der Waals surface area contributed by atoms with Crippen molar-refractivity contribution in [3.8, 4) is 0 Å². The predicted octanol–water partition coefficient (Wildman–Crippen LogP) is 3.69. The van der Waals surface area contributed by atoms with Crippen molar-refractivity contribution >= 4 is 17.3 Å². The Morgan fingerprint density at radius 1 is 1.39 bits per heavy atom. The third kappa shape index (κ3) is 3.63. The van der Waals surface area contributed by atoms with E-state index in [0.29, 0.717) is 0 Å². The number of benzene rings is 1. The summed E-state index contributed by atoms with van der Waals surface area (Å²) in [4.78, 5) is 2.35. The summed E-state index contributed by atoms with van der Waals surface area (Å²) in [6, 6.07) is 6.21. The van der Waals surface area contributed by atoms with E-state index in [1.807, 2.05) is 12.1 Å². The Bertz CT molecular complexity index is 388. The average molecular weight is 267 g/mol. The fraction of sp³-hybridized carbons (Fsp3) is 0.600. The first kappa shape index (κ1) is 13.7. The molecule has 0 unspecified atom stereocenters. The van der Waals surface area contributed by atoms with E-state index in [-0.39, 0.29) is 0 Å². The summed E-state index contributed by atoms with van der Waals surface area (Å²) in [7, 11) is 2.17. The third-order valence-electron chi connectivity index (χ3n) is 3.46. The van der Waals surface area contributed by atoms with E-state index in [4.69, 9.17) is 11.6 Å². The van der Waals surface area contributed by atoms with Gasteiger partial charge in [0.25, 0.3) is 0 Å². The monoisotopic (exact) mass is 266 g/mol. The molecule has 2 rings (SSSR count). The number of anilines is 1. The predicted molar refractivity (Wildman–Crippen MR) is 79.4 cm³/mol. The Morgan fingerprint density at radius 3 is 2.83 bits per heavy atom. The highest BCUT2D eigenvalue weighted by atomic mass is 35.5. The molecule has 1 N–H and O–H groups in total. The SMILES string of the molecule is CCCNCc1c(Cl)cccc1N(C)CC1CC1.